The standard InChI is InChI=1S/C16H17FN4O3/c1-9(2)13-18-12(14(22)19-16(7-8-16)15(23)24)20-21(13)11-6-4-3-5-10(11)17/h3-6,9H,7-8H2,1-2H3,(H,19,22)(H,23,24). The van der Waals surface area contributed by atoms with Crippen molar-refractivity contribution in [2.75, 3.05) is 0 Å². The zero-order valence-electron chi connectivity index (χ0n) is 13.3. The number of aromatic nitrogens is 3. The predicted octanol–water partition coefficient (Wildman–Crippen LogP) is 1.88. The van der Waals surface area contributed by atoms with E-state index in [1.807, 2.05) is 13.8 Å². The molecule has 0 spiro atoms. The molecule has 0 bridgehead atoms. The number of para-hydroxylation sites is 1. The van der Waals surface area contributed by atoms with Gasteiger partial charge in [0.25, 0.3) is 5.91 Å². The molecule has 7 nitrogen and oxygen atoms in total. The first-order valence-corrected chi connectivity index (χ1v) is 7.62. The summed E-state index contributed by atoms with van der Waals surface area (Å²) in [5, 5.41) is 15.7. The summed E-state index contributed by atoms with van der Waals surface area (Å²) in [6.45, 7) is 3.70. The van der Waals surface area contributed by atoms with E-state index in [2.05, 4.69) is 15.4 Å². The van der Waals surface area contributed by atoms with Gasteiger partial charge in [-0.25, -0.2) is 18.9 Å². The van der Waals surface area contributed by atoms with E-state index in [4.69, 9.17) is 5.11 Å². The van der Waals surface area contributed by atoms with Gasteiger partial charge < -0.3 is 10.4 Å². The van der Waals surface area contributed by atoms with Gasteiger partial charge in [-0.1, -0.05) is 26.0 Å². The molecule has 0 atom stereocenters. The summed E-state index contributed by atoms with van der Waals surface area (Å²) in [5.74, 6) is -2.09. The maximum Gasteiger partial charge on any atom is 0.329 e. The van der Waals surface area contributed by atoms with E-state index in [9.17, 15) is 14.0 Å². The van der Waals surface area contributed by atoms with Crippen LogP contribution < -0.4 is 5.32 Å². The maximum atomic E-state index is 14.0. The van der Waals surface area contributed by atoms with Gasteiger partial charge in [-0.3, -0.25) is 4.79 Å². The van der Waals surface area contributed by atoms with Crippen LogP contribution in [0.3, 0.4) is 0 Å². The van der Waals surface area contributed by atoms with Crippen LogP contribution in [0.1, 0.15) is 49.1 Å². The minimum absolute atomic E-state index is 0.104. The summed E-state index contributed by atoms with van der Waals surface area (Å²) >= 11 is 0. The Labute approximate surface area is 137 Å². The third-order valence-electron chi connectivity index (χ3n) is 3.94. The number of carboxylic acids is 1. The number of hydrogen-bond donors (Lipinski definition) is 2. The molecular formula is C16H17FN4O3. The topological polar surface area (TPSA) is 97.1 Å². The summed E-state index contributed by atoms with van der Waals surface area (Å²) < 4.78 is 15.3. The summed E-state index contributed by atoms with van der Waals surface area (Å²) in [5.41, 5.74) is -1.04. The molecule has 0 unspecified atom stereocenters. The van der Waals surface area contributed by atoms with Crippen LogP contribution in [0.5, 0.6) is 0 Å². The lowest BCUT2D eigenvalue weighted by molar-refractivity contribution is -0.140. The quantitative estimate of drug-likeness (QED) is 0.871. The second-order valence-electron chi connectivity index (χ2n) is 6.15. The number of benzene rings is 1. The molecular weight excluding hydrogens is 315 g/mol. The van der Waals surface area contributed by atoms with E-state index in [0.717, 1.165) is 0 Å². The van der Waals surface area contributed by atoms with Gasteiger partial charge in [0, 0.05) is 5.92 Å². The lowest BCUT2D eigenvalue weighted by Gasteiger charge is -2.10. The van der Waals surface area contributed by atoms with E-state index in [0.29, 0.717) is 18.7 Å². The molecule has 1 fully saturated rings. The number of halogens is 1. The van der Waals surface area contributed by atoms with Gasteiger partial charge >= 0.3 is 5.97 Å². The first-order valence-electron chi connectivity index (χ1n) is 7.62. The van der Waals surface area contributed by atoms with Crippen LogP contribution in [0, 0.1) is 5.82 Å². The highest BCUT2D eigenvalue weighted by Gasteiger charge is 2.52. The number of nitrogens with zero attached hydrogens (tertiary/aromatic N) is 3. The van der Waals surface area contributed by atoms with Crippen molar-refractivity contribution in [1.29, 1.82) is 0 Å². The highest BCUT2D eigenvalue weighted by molar-refractivity contribution is 5.96. The first-order chi connectivity index (χ1) is 11.3. The molecule has 2 aromatic rings. The normalized spacial score (nSPS) is 15.3. The number of carbonyl (C=O) groups is 2. The van der Waals surface area contributed by atoms with E-state index < -0.39 is 23.2 Å². The Morgan fingerprint density at radius 2 is 2.00 bits per heavy atom. The van der Waals surface area contributed by atoms with Gasteiger partial charge in [0.2, 0.25) is 5.82 Å². The minimum atomic E-state index is -1.22. The van der Waals surface area contributed by atoms with Crippen LogP contribution >= 0.6 is 0 Å². The summed E-state index contributed by atoms with van der Waals surface area (Å²) in [4.78, 5) is 27.7. The van der Waals surface area contributed by atoms with Gasteiger partial charge in [0.15, 0.2) is 0 Å². The molecule has 1 aliphatic rings. The van der Waals surface area contributed by atoms with E-state index >= 15 is 0 Å². The van der Waals surface area contributed by atoms with Crippen molar-refractivity contribution in [3.63, 3.8) is 0 Å². The maximum absolute atomic E-state index is 14.0. The van der Waals surface area contributed by atoms with Crippen molar-refractivity contribution >= 4 is 11.9 Å². The predicted molar refractivity (Wildman–Crippen MR) is 82.5 cm³/mol. The Kier molecular flexibility index (Phi) is 3.82. The highest BCUT2D eigenvalue weighted by Crippen LogP contribution is 2.35. The molecule has 126 valence electrons. The number of hydrogen-bond acceptors (Lipinski definition) is 4. The molecule has 1 saturated carbocycles. The molecule has 0 aliphatic heterocycles. The molecule has 1 heterocycles. The lowest BCUT2D eigenvalue weighted by Crippen LogP contribution is -2.43. The van der Waals surface area contributed by atoms with E-state index in [1.165, 1.54) is 16.8 Å². The van der Waals surface area contributed by atoms with Crippen LogP contribution in [0.4, 0.5) is 4.39 Å². The third kappa shape index (κ3) is 2.75. The smallest absolute Gasteiger partial charge is 0.329 e. The largest absolute Gasteiger partial charge is 0.480 e. The number of carbonyl (C=O) groups excluding carboxylic acids is 1. The van der Waals surface area contributed by atoms with Crippen LogP contribution in [0.25, 0.3) is 5.69 Å². The van der Waals surface area contributed by atoms with Crippen LogP contribution in [0.2, 0.25) is 0 Å². The first kappa shape index (κ1) is 16.1. The molecule has 0 radical (unpaired) electrons. The second-order valence-corrected chi connectivity index (χ2v) is 6.15. The van der Waals surface area contributed by atoms with Crippen molar-refractivity contribution in [3.05, 3.63) is 41.7 Å². The fourth-order valence-corrected chi connectivity index (χ4v) is 2.39. The second kappa shape index (κ2) is 5.70. The summed E-state index contributed by atoms with van der Waals surface area (Å²) in [7, 11) is 0. The zero-order valence-corrected chi connectivity index (χ0v) is 13.3. The van der Waals surface area contributed by atoms with Crippen LogP contribution in [0.15, 0.2) is 24.3 Å². The van der Waals surface area contributed by atoms with Gasteiger partial charge in [-0.15, -0.1) is 5.10 Å². The number of rotatable bonds is 5. The zero-order chi connectivity index (χ0) is 17.5. The average molecular weight is 332 g/mol. The fourth-order valence-electron chi connectivity index (χ4n) is 2.39. The number of amides is 1. The summed E-state index contributed by atoms with van der Waals surface area (Å²) in [6, 6.07) is 6.05. The molecule has 3 rings (SSSR count). The SMILES string of the molecule is CC(C)c1nc(C(=O)NC2(C(=O)O)CC2)nn1-c1ccccc1F. The molecule has 1 amide bonds. The van der Waals surface area contributed by atoms with Gasteiger partial charge in [0.1, 0.15) is 22.9 Å². The van der Waals surface area contributed by atoms with E-state index in [-0.39, 0.29) is 17.4 Å². The van der Waals surface area contributed by atoms with Crippen molar-refractivity contribution in [3.8, 4) is 5.69 Å². The van der Waals surface area contributed by atoms with Crippen molar-refractivity contribution in [2.24, 2.45) is 0 Å². The number of nitrogens with one attached hydrogen (secondary N) is 1. The molecule has 8 heteroatoms. The molecule has 1 aromatic carbocycles. The van der Waals surface area contributed by atoms with Gasteiger partial charge in [-0.05, 0) is 25.0 Å². The Morgan fingerprint density at radius 3 is 2.54 bits per heavy atom. The third-order valence-corrected chi connectivity index (χ3v) is 3.94. The molecule has 1 aromatic heterocycles. The van der Waals surface area contributed by atoms with Gasteiger partial charge in [-0.2, -0.15) is 0 Å². The Bertz CT molecular complexity index is 811. The fraction of sp³-hybridized carbons (Fsp3) is 0.375. The Balaban J connectivity index is 1.96. The molecule has 2 N–H and O–H groups in total. The van der Waals surface area contributed by atoms with Crippen LogP contribution in [-0.2, 0) is 4.79 Å². The summed E-state index contributed by atoms with van der Waals surface area (Å²) in [6.07, 6.45) is 0.748. The van der Waals surface area contributed by atoms with Crippen molar-refractivity contribution in [2.45, 2.75) is 38.1 Å². The van der Waals surface area contributed by atoms with Crippen molar-refractivity contribution in [1.82, 2.24) is 20.1 Å². The average Bonchev–Trinajstić information content (AvgIpc) is 3.17. The minimum Gasteiger partial charge on any atom is -0.480 e. The molecule has 24 heavy (non-hydrogen) atoms. The van der Waals surface area contributed by atoms with Gasteiger partial charge in [0.05, 0.1) is 0 Å². The lowest BCUT2D eigenvalue weighted by atomic mass is 10.2. The molecule has 0 saturated heterocycles. The monoisotopic (exact) mass is 332 g/mol. The highest BCUT2D eigenvalue weighted by atomic mass is 19.1. The number of carboxylic acid groups (broad SMARTS) is 1. The molecule has 1 aliphatic carbocycles. The van der Waals surface area contributed by atoms with E-state index in [1.54, 1.807) is 12.1 Å². The van der Waals surface area contributed by atoms with Crippen LogP contribution in [-0.4, -0.2) is 37.3 Å². The van der Waals surface area contributed by atoms with Crippen molar-refractivity contribution < 1.29 is 19.1 Å². The number of aliphatic carboxylic acids is 1. The Morgan fingerprint density at radius 1 is 1.33 bits per heavy atom. The Hall–Kier alpha value is -2.77.